The van der Waals surface area contributed by atoms with Crippen LogP contribution in [-0.4, -0.2) is 4.98 Å². The molecular weight excluding hydrogens is 307 g/mol. The van der Waals surface area contributed by atoms with Gasteiger partial charge in [-0.2, -0.15) is 0 Å². The molecule has 0 bridgehead atoms. The van der Waals surface area contributed by atoms with Crippen LogP contribution >= 0.6 is 22.9 Å². The highest BCUT2D eigenvalue weighted by Crippen LogP contribution is 2.37. The van der Waals surface area contributed by atoms with Gasteiger partial charge in [-0.25, -0.2) is 9.37 Å². The largest absolute Gasteiger partial charge is 0.325 e. The first-order chi connectivity index (χ1) is 10.2. The van der Waals surface area contributed by atoms with E-state index in [1.807, 2.05) is 30.3 Å². The first-order valence-electron chi connectivity index (χ1n) is 6.39. The van der Waals surface area contributed by atoms with E-state index in [0.29, 0.717) is 22.1 Å². The molecule has 0 spiro atoms. The predicted octanol–water partition coefficient (Wildman–Crippen LogP) is 4.73. The second-order valence-electron chi connectivity index (χ2n) is 4.49. The first kappa shape index (κ1) is 14.2. The van der Waals surface area contributed by atoms with Gasteiger partial charge in [-0.15, -0.1) is 11.3 Å². The molecule has 0 aliphatic carbocycles. The van der Waals surface area contributed by atoms with Crippen LogP contribution in [0.15, 0.2) is 48.5 Å². The van der Waals surface area contributed by atoms with Crippen LogP contribution in [0.3, 0.4) is 0 Å². The number of nitrogens with zero attached hydrogens (tertiary/aromatic N) is 1. The maximum Gasteiger partial charge on any atom is 0.133 e. The fraction of sp³-hybridized carbons (Fsp3) is 0.0625. The lowest BCUT2D eigenvalue weighted by Gasteiger charge is -1.99. The molecule has 1 heterocycles. The van der Waals surface area contributed by atoms with Gasteiger partial charge in [-0.1, -0.05) is 41.9 Å². The van der Waals surface area contributed by atoms with Crippen molar-refractivity contribution in [2.75, 3.05) is 0 Å². The van der Waals surface area contributed by atoms with Crippen molar-refractivity contribution in [2.24, 2.45) is 5.73 Å². The highest BCUT2D eigenvalue weighted by molar-refractivity contribution is 7.18. The number of halogens is 2. The second kappa shape index (κ2) is 5.93. The summed E-state index contributed by atoms with van der Waals surface area (Å²) in [4.78, 5) is 5.44. The summed E-state index contributed by atoms with van der Waals surface area (Å²) in [5, 5.41) is 1.08. The minimum Gasteiger partial charge on any atom is -0.325 e. The van der Waals surface area contributed by atoms with Crippen LogP contribution < -0.4 is 5.73 Å². The molecule has 2 N–H and O–H groups in total. The van der Waals surface area contributed by atoms with Crippen molar-refractivity contribution in [1.29, 1.82) is 0 Å². The summed E-state index contributed by atoms with van der Waals surface area (Å²) in [5.74, 6) is -0.337. The van der Waals surface area contributed by atoms with Crippen LogP contribution in [0.2, 0.25) is 5.02 Å². The minimum absolute atomic E-state index is 0.308. The van der Waals surface area contributed by atoms with Gasteiger partial charge in [-0.3, -0.25) is 0 Å². The Morgan fingerprint density at radius 1 is 1.14 bits per heavy atom. The summed E-state index contributed by atoms with van der Waals surface area (Å²) in [6.07, 6.45) is 0. The Kier molecular flexibility index (Phi) is 4.01. The Labute approximate surface area is 131 Å². The lowest BCUT2D eigenvalue weighted by molar-refractivity contribution is 0.631. The molecule has 21 heavy (non-hydrogen) atoms. The summed E-state index contributed by atoms with van der Waals surface area (Å²) in [6.45, 7) is 0.308. The van der Waals surface area contributed by atoms with Crippen molar-refractivity contribution < 1.29 is 4.39 Å². The Hall–Kier alpha value is -1.75. The monoisotopic (exact) mass is 318 g/mol. The van der Waals surface area contributed by atoms with Gasteiger partial charge in [0.2, 0.25) is 0 Å². The zero-order valence-corrected chi connectivity index (χ0v) is 12.6. The summed E-state index contributed by atoms with van der Waals surface area (Å²) >= 11 is 7.37. The van der Waals surface area contributed by atoms with E-state index in [0.717, 1.165) is 16.1 Å². The van der Waals surface area contributed by atoms with Crippen molar-refractivity contribution in [1.82, 2.24) is 4.98 Å². The molecule has 3 rings (SSSR count). The molecule has 1 aromatic heterocycles. The van der Waals surface area contributed by atoms with Crippen LogP contribution in [-0.2, 0) is 6.54 Å². The zero-order chi connectivity index (χ0) is 14.8. The molecule has 0 atom stereocenters. The maximum absolute atomic E-state index is 14.0. The fourth-order valence-electron chi connectivity index (χ4n) is 2.08. The molecular formula is C16H12ClFN2S. The van der Waals surface area contributed by atoms with Crippen molar-refractivity contribution in [2.45, 2.75) is 6.54 Å². The molecule has 0 fully saturated rings. The first-order valence-corrected chi connectivity index (χ1v) is 7.59. The number of rotatable bonds is 3. The van der Waals surface area contributed by atoms with Gasteiger partial charge in [0, 0.05) is 17.1 Å². The van der Waals surface area contributed by atoms with Gasteiger partial charge in [-0.05, 0) is 23.8 Å². The van der Waals surface area contributed by atoms with Crippen molar-refractivity contribution >= 4 is 22.9 Å². The van der Waals surface area contributed by atoms with Gasteiger partial charge >= 0.3 is 0 Å². The van der Waals surface area contributed by atoms with E-state index in [2.05, 4.69) is 4.98 Å². The third-order valence-corrected chi connectivity index (χ3v) is 4.50. The molecule has 2 nitrogen and oxygen atoms in total. The van der Waals surface area contributed by atoms with E-state index in [1.165, 1.54) is 23.5 Å². The van der Waals surface area contributed by atoms with Crippen LogP contribution in [0.4, 0.5) is 4.39 Å². The van der Waals surface area contributed by atoms with E-state index in [1.54, 1.807) is 6.07 Å². The summed E-state index contributed by atoms with van der Waals surface area (Å²) in [7, 11) is 0. The Bertz CT molecular complexity index is 771. The van der Waals surface area contributed by atoms with E-state index >= 15 is 0 Å². The molecule has 3 aromatic rings. The molecule has 106 valence electrons. The highest BCUT2D eigenvalue weighted by atomic mass is 35.5. The number of aromatic nitrogens is 1. The second-order valence-corrected chi connectivity index (χ2v) is 5.92. The number of thiazole rings is 1. The van der Waals surface area contributed by atoms with Crippen LogP contribution in [0.1, 0.15) is 5.69 Å². The van der Waals surface area contributed by atoms with Gasteiger partial charge in [0.25, 0.3) is 0 Å². The van der Waals surface area contributed by atoms with Crippen LogP contribution in [0.5, 0.6) is 0 Å². The molecule has 0 saturated heterocycles. The number of nitrogens with two attached hydrogens (primary N) is 1. The van der Waals surface area contributed by atoms with Crippen LogP contribution in [0.25, 0.3) is 21.0 Å². The summed E-state index contributed by atoms with van der Waals surface area (Å²) < 4.78 is 14.0. The smallest absolute Gasteiger partial charge is 0.133 e. The van der Waals surface area contributed by atoms with E-state index in [4.69, 9.17) is 17.3 Å². The average Bonchev–Trinajstić information content (AvgIpc) is 2.94. The lowest BCUT2D eigenvalue weighted by Crippen LogP contribution is -1.98. The highest BCUT2D eigenvalue weighted by Gasteiger charge is 2.16. The molecule has 5 heteroatoms. The molecule has 0 radical (unpaired) electrons. The third kappa shape index (κ3) is 2.83. The molecule has 0 saturated carbocycles. The Balaban J connectivity index is 2.14. The predicted molar refractivity (Wildman–Crippen MR) is 85.8 cm³/mol. The molecule has 0 amide bonds. The van der Waals surface area contributed by atoms with E-state index < -0.39 is 0 Å². The Morgan fingerprint density at radius 3 is 2.62 bits per heavy atom. The summed E-state index contributed by atoms with van der Waals surface area (Å²) in [6, 6.07) is 14.3. The maximum atomic E-state index is 14.0. The van der Waals surface area contributed by atoms with Crippen LogP contribution in [0, 0.1) is 5.82 Å². The average molecular weight is 319 g/mol. The van der Waals surface area contributed by atoms with E-state index in [9.17, 15) is 4.39 Å². The zero-order valence-electron chi connectivity index (χ0n) is 11.0. The van der Waals surface area contributed by atoms with Gasteiger partial charge in [0.1, 0.15) is 10.8 Å². The third-order valence-electron chi connectivity index (χ3n) is 3.09. The number of hydrogen-bond donors (Lipinski definition) is 1. The molecule has 2 aromatic carbocycles. The molecule has 0 aliphatic rings. The van der Waals surface area contributed by atoms with Crippen molar-refractivity contribution in [3.05, 3.63) is 65.1 Å². The SMILES string of the molecule is NCc1nc(-c2cc(Cl)ccc2F)sc1-c1ccccc1. The standard InChI is InChI=1S/C16H12ClFN2S/c17-11-6-7-13(18)12(8-11)16-20-14(9-19)15(21-16)10-4-2-1-3-5-10/h1-8H,9,19H2. The fourth-order valence-corrected chi connectivity index (χ4v) is 3.37. The van der Waals surface area contributed by atoms with E-state index in [-0.39, 0.29) is 5.82 Å². The van der Waals surface area contributed by atoms with Gasteiger partial charge in [0.05, 0.1) is 10.6 Å². The van der Waals surface area contributed by atoms with Gasteiger partial charge in [0.15, 0.2) is 0 Å². The van der Waals surface area contributed by atoms with Crippen molar-refractivity contribution in [3.8, 4) is 21.0 Å². The minimum atomic E-state index is -0.337. The van der Waals surface area contributed by atoms with Crippen molar-refractivity contribution in [3.63, 3.8) is 0 Å². The molecule has 0 unspecified atom stereocenters. The number of benzene rings is 2. The topological polar surface area (TPSA) is 38.9 Å². The van der Waals surface area contributed by atoms with Gasteiger partial charge < -0.3 is 5.73 Å². The lowest BCUT2D eigenvalue weighted by atomic mass is 10.1. The normalized spacial score (nSPS) is 10.8. The Morgan fingerprint density at radius 2 is 1.90 bits per heavy atom. The molecule has 0 aliphatic heterocycles. The summed E-state index contributed by atoms with van der Waals surface area (Å²) in [5.41, 5.74) is 7.97. The quantitative estimate of drug-likeness (QED) is 0.758. The number of hydrogen-bond acceptors (Lipinski definition) is 3.